The number of hydrogen-bond acceptors (Lipinski definition) is 4. The molecule has 2 aromatic rings. The SMILES string of the molecule is O=C(O)c1ccccc1OCCN1CCC2(CCc3ccccc3O2)CC1. The number of likely N-dealkylation sites (tertiary alicyclic amines) is 1. The Morgan fingerprint density at radius 2 is 1.81 bits per heavy atom. The molecule has 27 heavy (non-hydrogen) atoms. The van der Waals surface area contributed by atoms with Gasteiger partial charge in [0.05, 0.1) is 0 Å². The number of aryl methyl sites for hydroxylation is 1. The largest absolute Gasteiger partial charge is 0.491 e. The third-order valence-electron chi connectivity index (χ3n) is 5.70. The number of piperidine rings is 1. The summed E-state index contributed by atoms with van der Waals surface area (Å²) >= 11 is 0. The minimum atomic E-state index is -0.958. The molecule has 5 nitrogen and oxygen atoms in total. The molecule has 0 aromatic heterocycles. The van der Waals surface area contributed by atoms with E-state index < -0.39 is 5.97 Å². The minimum absolute atomic E-state index is 0.0262. The van der Waals surface area contributed by atoms with E-state index in [-0.39, 0.29) is 11.2 Å². The van der Waals surface area contributed by atoms with Crippen LogP contribution < -0.4 is 9.47 Å². The van der Waals surface area contributed by atoms with Gasteiger partial charge in [-0.25, -0.2) is 4.79 Å². The Morgan fingerprint density at radius 3 is 2.63 bits per heavy atom. The van der Waals surface area contributed by atoms with E-state index in [0.29, 0.717) is 12.4 Å². The van der Waals surface area contributed by atoms with Gasteiger partial charge in [-0.2, -0.15) is 0 Å². The quantitative estimate of drug-likeness (QED) is 0.875. The Kier molecular flexibility index (Phi) is 5.03. The number of ether oxygens (including phenoxy) is 2. The van der Waals surface area contributed by atoms with Crippen LogP contribution in [-0.2, 0) is 6.42 Å². The average molecular weight is 367 g/mol. The van der Waals surface area contributed by atoms with Crippen LogP contribution in [0.3, 0.4) is 0 Å². The smallest absolute Gasteiger partial charge is 0.339 e. The van der Waals surface area contributed by atoms with Gasteiger partial charge in [-0.15, -0.1) is 0 Å². The summed E-state index contributed by atoms with van der Waals surface area (Å²) in [4.78, 5) is 13.6. The van der Waals surface area contributed by atoms with Crippen LogP contribution >= 0.6 is 0 Å². The number of carbonyl (C=O) groups is 1. The molecule has 2 aliphatic heterocycles. The first kappa shape index (κ1) is 17.9. The fourth-order valence-corrected chi connectivity index (χ4v) is 4.05. The molecule has 5 heteroatoms. The summed E-state index contributed by atoms with van der Waals surface area (Å²) in [5.74, 6) is 0.525. The number of carboxylic acids is 1. The van der Waals surface area contributed by atoms with Gasteiger partial charge in [0.2, 0.25) is 0 Å². The Hall–Kier alpha value is -2.53. The van der Waals surface area contributed by atoms with Gasteiger partial charge < -0.3 is 14.6 Å². The summed E-state index contributed by atoms with van der Waals surface area (Å²) in [5.41, 5.74) is 1.50. The molecule has 142 valence electrons. The Balaban J connectivity index is 1.28. The molecule has 2 aliphatic rings. The van der Waals surface area contributed by atoms with Crippen LogP contribution in [0.5, 0.6) is 11.5 Å². The van der Waals surface area contributed by atoms with Crippen molar-refractivity contribution in [3.8, 4) is 11.5 Å². The number of benzene rings is 2. The number of fused-ring (bicyclic) bond motifs is 1. The number of aromatic carboxylic acids is 1. The Morgan fingerprint density at radius 1 is 1.07 bits per heavy atom. The molecule has 2 aromatic carbocycles. The predicted molar refractivity (Wildman–Crippen MR) is 103 cm³/mol. The van der Waals surface area contributed by atoms with Crippen molar-refractivity contribution in [2.24, 2.45) is 0 Å². The van der Waals surface area contributed by atoms with Gasteiger partial charge in [-0.1, -0.05) is 30.3 Å². The highest BCUT2D eigenvalue weighted by atomic mass is 16.5. The average Bonchev–Trinajstić information content (AvgIpc) is 2.70. The van der Waals surface area contributed by atoms with E-state index >= 15 is 0 Å². The lowest BCUT2D eigenvalue weighted by atomic mass is 9.83. The fourth-order valence-electron chi connectivity index (χ4n) is 4.05. The predicted octanol–water partition coefficient (Wildman–Crippen LogP) is 3.62. The summed E-state index contributed by atoms with van der Waals surface area (Å²) in [6.07, 6.45) is 4.21. The zero-order valence-electron chi connectivity index (χ0n) is 15.4. The first-order valence-corrected chi connectivity index (χ1v) is 9.60. The topological polar surface area (TPSA) is 59.0 Å². The first-order valence-electron chi connectivity index (χ1n) is 9.60. The maximum Gasteiger partial charge on any atom is 0.339 e. The van der Waals surface area contributed by atoms with Gasteiger partial charge >= 0.3 is 5.97 Å². The number of rotatable bonds is 5. The number of nitrogens with zero attached hydrogens (tertiary/aromatic N) is 1. The minimum Gasteiger partial charge on any atom is -0.491 e. The van der Waals surface area contributed by atoms with Crippen molar-refractivity contribution < 1.29 is 19.4 Å². The zero-order valence-corrected chi connectivity index (χ0v) is 15.4. The number of carboxylic acid groups (broad SMARTS) is 1. The molecular formula is C22H25NO4. The van der Waals surface area contributed by atoms with E-state index in [1.165, 1.54) is 5.56 Å². The van der Waals surface area contributed by atoms with E-state index in [1.807, 2.05) is 6.07 Å². The summed E-state index contributed by atoms with van der Waals surface area (Å²) in [5, 5.41) is 9.22. The van der Waals surface area contributed by atoms with Crippen molar-refractivity contribution in [1.29, 1.82) is 0 Å². The van der Waals surface area contributed by atoms with Crippen LogP contribution in [0, 0.1) is 0 Å². The van der Waals surface area contributed by atoms with Crippen molar-refractivity contribution in [2.75, 3.05) is 26.2 Å². The van der Waals surface area contributed by atoms with Crippen LogP contribution in [0.25, 0.3) is 0 Å². The van der Waals surface area contributed by atoms with Gasteiger partial charge in [0, 0.05) is 19.6 Å². The van der Waals surface area contributed by atoms with E-state index in [2.05, 4.69) is 23.1 Å². The highest BCUT2D eigenvalue weighted by molar-refractivity contribution is 5.90. The molecule has 0 saturated carbocycles. The molecule has 1 N–H and O–H groups in total. The highest BCUT2D eigenvalue weighted by Crippen LogP contribution is 2.39. The lowest BCUT2D eigenvalue weighted by Gasteiger charge is -2.44. The molecule has 1 saturated heterocycles. The second-order valence-electron chi connectivity index (χ2n) is 7.38. The van der Waals surface area contributed by atoms with Gasteiger partial charge in [0.15, 0.2) is 0 Å². The molecule has 4 rings (SSSR count). The van der Waals surface area contributed by atoms with Crippen LogP contribution in [0.1, 0.15) is 35.2 Å². The summed E-state index contributed by atoms with van der Waals surface area (Å²) < 4.78 is 12.1. The van der Waals surface area contributed by atoms with Crippen molar-refractivity contribution in [2.45, 2.75) is 31.3 Å². The Bertz CT molecular complexity index is 811. The number of para-hydroxylation sites is 2. The number of hydrogen-bond donors (Lipinski definition) is 1. The molecule has 1 spiro atoms. The second-order valence-corrected chi connectivity index (χ2v) is 7.38. The molecule has 0 atom stereocenters. The van der Waals surface area contributed by atoms with Crippen molar-refractivity contribution >= 4 is 5.97 Å². The van der Waals surface area contributed by atoms with E-state index in [4.69, 9.17) is 9.47 Å². The molecule has 0 aliphatic carbocycles. The van der Waals surface area contributed by atoms with Crippen molar-refractivity contribution in [3.05, 3.63) is 59.7 Å². The monoisotopic (exact) mass is 367 g/mol. The van der Waals surface area contributed by atoms with Gasteiger partial charge in [-0.3, -0.25) is 4.90 Å². The van der Waals surface area contributed by atoms with Crippen LogP contribution in [-0.4, -0.2) is 47.8 Å². The van der Waals surface area contributed by atoms with Gasteiger partial charge in [0.1, 0.15) is 29.3 Å². The van der Waals surface area contributed by atoms with E-state index in [1.54, 1.807) is 24.3 Å². The molecule has 2 heterocycles. The van der Waals surface area contributed by atoms with Crippen molar-refractivity contribution in [1.82, 2.24) is 4.90 Å². The fraction of sp³-hybridized carbons (Fsp3) is 0.409. The van der Waals surface area contributed by atoms with Crippen LogP contribution in [0.4, 0.5) is 0 Å². The molecule has 0 amide bonds. The molecule has 1 fully saturated rings. The standard InChI is InChI=1S/C22H25NO4/c24-21(25)18-6-2-4-8-20(18)26-16-15-23-13-11-22(12-14-23)10-9-17-5-1-3-7-19(17)27-22/h1-8H,9-16H2,(H,24,25). The highest BCUT2D eigenvalue weighted by Gasteiger charge is 2.39. The normalized spacial score (nSPS) is 18.5. The molecular weight excluding hydrogens is 342 g/mol. The Labute approximate surface area is 159 Å². The third-order valence-corrected chi connectivity index (χ3v) is 5.70. The molecule has 0 bridgehead atoms. The van der Waals surface area contributed by atoms with Crippen molar-refractivity contribution in [3.63, 3.8) is 0 Å². The lowest BCUT2D eigenvalue weighted by Crippen LogP contribution is -2.50. The summed E-state index contributed by atoms with van der Waals surface area (Å²) in [7, 11) is 0. The van der Waals surface area contributed by atoms with E-state index in [9.17, 15) is 9.90 Å². The zero-order chi connectivity index (χ0) is 18.7. The molecule has 0 unspecified atom stereocenters. The van der Waals surface area contributed by atoms with Gasteiger partial charge in [0.25, 0.3) is 0 Å². The lowest BCUT2D eigenvalue weighted by molar-refractivity contribution is -0.0165. The summed E-state index contributed by atoms with van der Waals surface area (Å²) in [6.45, 7) is 3.24. The van der Waals surface area contributed by atoms with Gasteiger partial charge in [-0.05, 0) is 49.4 Å². The van der Waals surface area contributed by atoms with Crippen LogP contribution in [0.15, 0.2) is 48.5 Å². The third kappa shape index (κ3) is 3.93. The summed E-state index contributed by atoms with van der Waals surface area (Å²) in [6, 6.07) is 15.1. The maximum absolute atomic E-state index is 11.2. The first-order chi connectivity index (χ1) is 13.2. The second kappa shape index (κ2) is 7.61. The molecule has 0 radical (unpaired) electrons. The maximum atomic E-state index is 11.2. The van der Waals surface area contributed by atoms with Crippen LogP contribution in [0.2, 0.25) is 0 Å². The van der Waals surface area contributed by atoms with E-state index in [0.717, 1.165) is 51.1 Å².